The summed E-state index contributed by atoms with van der Waals surface area (Å²) in [5, 5.41) is 8.19. The molecule has 2 rings (SSSR count). The van der Waals surface area contributed by atoms with E-state index >= 15 is 0 Å². The van der Waals surface area contributed by atoms with Gasteiger partial charge in [0.2, 0.25) is 0 Å². The maximum atomic E-state index is 13.6. The molecule has 1 atom stereocenters. The summed E-state index contributed by atoms with van der Waals surface area (Å²) in [5.41, 5.74) is 1.67. The summed E-state index contributed by atoms with van der Waals surface area (Å²) in [5.74, 6) is -0.0294. The number of hydrogen-bond donors (Lipinski definition) is 1. The topological polar surface area (TPSA) is 37.8 Å². The van der Waals surface area contributed by atoms with E-state index in [1.54, 1.807) is 6.07 Å². The third-order valence-corrected chi connectivity index (χ3v) is 4.37. The molecule has 1 aromatic heterocycles. The molecule has 0 bridgehead atoms. The van der Waals surface area contributed by atoms with Gasteiger partial charge in [-0.3, -0.25) is 0 Å². The number of hydrogen-bond acceptors (Lipinski definition) is 4. The van der Waals surface area contributed by atoms with Crippen LogP contribution in [-0.4, -0.2) is 16.1 Å². The fraction of sp³-hybridized carbons (Fsp3) is 0.467. The Kier molecular flexibility index (Phi) is 5.67. The zero-order valence-corrected chi connectivity index (χ0v) is 13.9. The molecule has 0 aliphatic heterocycles. The van der Waals surface area contributed by atoms with Crippen molar-refractivity contribution in [3.63, 3.8) is 0 Å². The lowest BCUT2D eigenvalue weighted by atomic mass is 10.00. The van der Waals surface area contributed by atoms with Crippen LogP contribution in [0.1, 0.15) is 55.3 Å². The van der Waals surface area contributed by atoms with Gasteiger partial charge in [0.25, 0.3) is 0 Å². The molecular weight excluding hydrogens is 309 g/mol. The van der Waals surface area contributed by atoms with E-state index in [1.165, 1.54) is 23.7 Å². The predicted molar refractivity (Wildman–Crippen MR) is 85.5 cm³/mol. The lowest BCUT2D eigenvalue weighted by Crippen LogP contribution is -2.24. The van der Waals surface area contributed by atoms with Gasteiger partial charge in [-0.25, -0.2) is 4.39 Å². The van der Waals surface area contributed by atoms with Gasteiger partial charge in [-0.2, -0.15) is 0 Å². The van der Waals surface area contributed by atoms with Crippen LogP contribution in [0.2, 0.25) is 5.02 Å². The predicted octanol–water partition coefficient (Wildman–Crippen LogP) is 4.54. The van der Waals surface area contributed by atoms with Gasteiger partial charge in [0.1, 0.15) is 5.82 Å². The van der Waals surface area contributed by atoms with E-state index in [0.29, 0.717) is 5.02 Å². The molecule has 0 radical (unpaired) electrons. The first-order valence-electron chi connectivity index (χ1n) is 7.05. The molecule has 6 heteroatoms. The monoisotopic (exact) mass is 327 g/mol. The first-order valence-corrected chi connectivity index (χ1v) is 8.20. The lowest BCUT2D eigenvalue weighted by molar-refractivity contribution is 0.584. The number of halogens is 2. The third kappa shape index (κ3) is 3.78. The number of nitrogens with one attached hydrogen (secondary N) is 1. The fourth-order valence-electron chi connectivity index (χ4n) is 2.17. The van der Waals surface area contributed by atoms with E-state index in [-0.39, 0.29) is 17.8 Å². The Morgan fingerprint density at radius 2 is 2.14 bits per heavy atom. The quantitative estimate of drug-likeness (QED) is 0.846. The molecule has 1 N–H and O–H groups in total. The highest BCUT2D eigenvalue weighted by molar-refractivity contribution is 7.05. The minimum Gasteiger partial charge on any atom is -0.305 e. The first-order chi connectivity index (χ1) is 10.0. The Morgan fingerprint density at radius 1 is 1.38 bits per heavy atom. The van der Waals surface area contributed by atoms with Crippen molar-refractivity contribution in [3.8, 4) is 0 Å². The number of aromatic nitrogens is 2. The Balaban J connectivity index is 2.47. The van der Waals surface area contributed by atoms with Gasteiger partial charge in [-0.1, -0.05) is 36.9 Å². The van der Waals surface area contributed by atoms with Gasteiger partial charge >= 0.3 is 0 Å². The molecule has 3 nitrogen and oxygen atoms in total. The number of nitrogens with zero attached hydrogens (tertiary/aromatic N) is 2. The summed E-state index contributed by atoms with van der Waals surface area (Å²) in [6, 6.07) is 4.28. The van der Waals surface area contributed by atoms with E-state index in [0.717, 1.165) is 29.1 Å². The van der Waals surface area contributed by atoms with Crippen molar-refractivity contribution in [1.29, 1.82) is 0 Å². The summed E-state index contributed by atoms with van der Waals surface area (Å²) in [7, 11) is 0. The van der Waals surface area contributed by atoms with Crippen LogP contribution in [0.3, 0.4) is 0 Å². The first kappa shape index (κ1) is 16.3. The minimum absolute atomic E-state index is 0.175. The molecule has 0 amide bonds. The van der Waals surface area contributed by atoms with Gasteiger partial charge in [0.05, 0.1) is 16.6 Å². The summed E-state index contributed by atoms with van der Waals surface area (Å²) in [4.78, 5) is 1.01. The maximum absolute atomic E-state index is 13.6. The molecule has 1 heterocycles. The fourth-order valence-corrected chi connectivity index (χ4v) is 3.30. The molecule has 0 saturated carbocycles. The lowest BCUT2D eigenvalue weighted by Gasteiger charge is -2.20. The second kappa shape index (κ2) is 7.29. The van der Waals surface area contributed by atoms with Gasteiger partial charge < -0.3 is 5.32 Å². The Hall–Kier alpha value is -1.04. The average molecular weight is 328 g/mol. The van der Waals surface area contributed by atoms with Crippen molar-refractivity contribution in [2.24, 2.45) is 0 Å². The molecule has 1 aromatic carbocycles. The standard InChI is InChI=1S/C15H19ClFN3S/c1-4-7-18-14(11-8-10(17)5-6-12(11)16)15-13(9(2)3)19-20-21-15/h5-6,8-9,14,18H,4,7H2,1-3H3. The largest absolute Gasteiger partial charge is 0.305 e. The van der Waals surface area contributed by atoms with Crippen molar-refractivity contribution in [2.45, 2.75) is 39.2 Å². The van der Waals surface area contributed by atoms with Gasteiger partial charge in [0, 0.05) is 5.02 Å². The van der Waals surface area contributed by atoms with E-state index in [4.69, 9.17) is 11.6 Å². The Bertz CT molecular complexity index is 600. The van der Waals surface area contributed by atoms with E-state index < -0.39 is 0 Å². The normalized spacial score (nSPS) is 12.9. The van der Waals surface area contributed by atoms with Gasteiger partial charge in [0.15, 0.2) is 0 Å². The molecular formula is C15H19ClFN3S. The van der Waals surface area contributed by atoms with Crippen LogP contribution >= 0.6 is 23.1 Å². The molecule has 21 heavy (non-hydrogen) atoms. The molecule has 0 fully saturated rings. The van der Waals surface area contributed by atoms with Crippen LogP contribution in [0.15, 0.2) is 18.2 Å². The van der Waals surface area contributed by atoms with Crippen LogP contribution in [0.5, 0.6) is 0 Å². The van der Waals surface area contributed by atoms with Crippen molar-refractivity contribution in [2.75, 3.05) is 6.54 Å². The second-order valence-electron chi connectivity index (χ2n) is 5.23. The molecule has 0 spiro atoms. The second-order valence-corrected chi connectivity index (χ2v) is 6.42. The maximum Gasteiger partial charge on any atom is 0.123 e. The van der Waals surface area contributed by atoms with E-state index in [1.807, 2.05) is 0 Å². The minimum atomic E-state index is -0.290. The molecule has 0 aliphatic carbocycles. The molecule has 0 saturated heterocycles. The van der Waals surface area contributed by atoms with Crippen LogP contribution in [-0.2, 0) is 0 Å². The number of rotatable bonds is 6. The molecule has 114 valence electrons. The summed E-state index contributed by atoms with van der Waals surface area (Å²) in [6.45, 7) is 7.05. The smallest absolute Gasteiger partial charge is 0.123 e. The van der Waals surface area contributed by atoms with Crippen molar-refractivity contribution in [1.82, 2.24) is 14.9 Å². The molecule has 0 aliphatic rings. The zero-order chi connectivity index (χ0) is 15.4. The Labute approximate surface area is 133 Å². The molecule has 2 aromatic rings. The van der Waals surface area contributed by atoms with Crippen molar-refractivity contribution >= 4 is 23.1 Å². The highest BCUT2D eigenvalue weighted by atomic mass is 35.5. The summed E-state index contributed by atoms with van der Waals surface area (Å²) >= 11 is 7.62. The van der Waals surface area contributed by atoms with E-state index in [9.17, 15) is 4.39 Å². The van der Waals surface area contributed by atoms with Crippen LogP contribution in [0, 0.1) is 5.82 Å². The van der Waals surface area contributed by atoms with Crippen LogP contribution in [0.4, 0.5) is 4.39 Å². The highest BCUT2D eigenvalue weighted by Crippen LogP contribution is 2.34. The molecule has 1 unspecified atom stereocenters. The van der Waals surface area contributed by atoms with Crippen LogP contribution < -0.4 is 5.32 Å². The number of benzene rings is 1. The van der Waals surface area contributed by atoms with Crippen molar-refractivity contribution < 1.29 is 4.39 Å². The van der Waals surface area contributed by atoms with Gasteiger partial charge in [-0.05, 0) is 54.2 Å². The Morgan fingerprint density at radius 3 is 2.81 bits per heavy atom. The van der Waals surface area contributed by atoms with Gasteiger partial charge in [-0.15, -0.1) is 5.10 Å². The average Bonchev–Trinajstić information content (AvgIpc) is 2.92. The summed E-state index contributed by atoms with van der Waals surface area (Å²) < 4.78 is 17.7. The van der Waals surface area contributed by atoms with Crippen molar-refractivity contribution in [3.05, 3.63) is 45.2 Å². The van der Waals surface area contributed by atoms with E-state index in [2.05, 4.69) is 35.7 Å². The highest BCUT2D eigenvalue weighted by Gasteiger charge is 2.24. The SMILES string of the molecule is CCCNC(c1cc(F)ccc1Cl)c1snnc1C(C)C. The summed E-state index contributed by atoms with van der Waals surface area (Å²) in [6.07, 6.45) is 0.979. The zero-order valence-electron chi connectivity index (χ0n) is 12.4. The van der Waals surface area contributed by atoms with Crippen LogP contribution in [0.25, 0.3) is 0 Å². The third-order valence-electron chi connectivity index (χ3n) is 3.22.